The van der Waals surface area contributed by atoms with Crippen molar-refractivity contribution in [2.24, 2.45) is 0 Å². The quantitative estimate of drug-likeness (QED) is 0.532. The van der Waals surface area contributed by atoms with Crippen LogP contribution in [-0.4, -0.2) is 18.5 Å². The van der Waals surface area contributed by atoms with E-state index in [1.165, 1.54) is 4.90 Å². The van der Waals surface area contributed by atoms with Gasteiger partial charge in [0.2, 0.25) is 0 Å². The molecule has 0 aliphatic carbocycles. The van der Waals surface area contributed by atoms with Crippen LogP contribution >= 0.6 is 20.1 Å². The fraction of sp³-hybridized carbons (Fsp3) is 0.250. The monoisotopic (exact) mass is 305 g/mol. The number of nitrogens with one attached hydrogen (secondary N) is 1. The van der Waals surface area contributed by atoms with E-state index in [9.17, 15) is 0 Å². The van der Waals surface area contributed by atoms with Gasteiger partial charge in [0.15, 0.2) is 0 Å². The van der Waals surface area contributed by atoms with Crippen LogP contribution in [0.5, 0.6) is 0 Å². The largest absolute Gasteiger partial charge is 0.343 e. The summed E-state index contributed by atoms with van der Waals surface area (Å²) in [6.45, 7) is 2.80. The summed E-state index contributed by atoms with van der Waals surface area (Å²) in [4.78, 5) is 1.32. The van der Waals surface area contributed by atoms with E-state index in [1.807, 2.05) is 43.0 Å². The molecule has 0 aromatic heterocycles. The molecule has 0 saturated carbocycles. The molecular formula is C16H20NOPS. The summed E-state index contributed by atoms with van der Waals surface area (Å²) in [5.74, 6) is 1.07. The summed E-state index contributed by atoms with van der Waals surface area (Å²) >= 11 is 1.88. The molecular weight excluding hydrogens is 285 g/mol. The highest BCUT2D eigenvalue weighted by Crippen LogP contribution is 2.38. The van der Waals surface area contributed by atoms with Crippen LogP contribution in [0.3, 0.4) is 0 Å². The first kappa shape index (κ1) is 15.4. The van der Waals surface area contributed by atoms with Crippen molar-refractivity contribution < 1.29 is 4.52 Å². The van der Waals surface area contributed by atoms with Gasteiger partial charge in [-0.2, -0.15) is 0 Å². The van der Waals surface area contributed by atoms with Crippen molar-refractivity contribution in [3.05, 3.63) is 60.7 Å². The molecule has 0 saturated heterocycles. The Kier molecular flexibility index (Phi) is 6.93. The second-order valence-electron chi connectivity index (χ2n) is 4.16. The molecule has 1 N–H and O–H groups in total. The second-order valence-corrected chi connectivity index (χ2v) is 7.01. The van der Waals surface area contributed by atoms with Crippen LogP contribution < -0.4 is 5.09 Å². The minimum atomic E-state index is -0.604. The van der Waals surface area contributed by atoms with Crippen LogP contribution in [0.25, 0.3) is 0 Å². The minimum Gasteiger partial charge on any atom is -0.343 e. The molecule has 0 bridgehead atoms. The molecule has 0 aliphatic heterocycles. The zero-order chi connectivity index (χ0) is 14.0. The number of rotatable bonds is 8. The lowest BCUT2D eigenvalue weighted by Crippen LogP contribution is -2.02. The maximum atomic E-state index is 5.82. The number of para-hydroxylation sites is 1. The van der Waals surface area contributed by atoms with E-state index in [-0.39, 0.29) is 0 Å². The molecule has 1 unspecified atom stereocenters. The molecule has 0 radical (unpaired) electrons. The van der Waals surface area contributed by atoms with E-state index in [4.69, 9.17) is 4.52 Å². The van der Waals surface area contributed by atoms with Gasteiger partial charge in [-0.25, -0.2) is 0 Å². The van der Waals surface area contributed by atoms with E-state index in [2.05, 4.69) is 41.5 Å². The van der Waals surface area contributed by atoms with E-state index in [0.29, 0.717) is 0 Å². The zero-order valence-corrected chi connectivity index (χ0v) is 13.4. The number of anilines is 1. The molecule has 2 rings (SSSR count). The Morgan fingerprint density at radius 3 is 2.30 bits per heavy atom. The topological polar surface area (TPSA) is 21.3 Å². The number of hydrogen-bond acceptors (Lipinski definition) is 3. The zero-order valence-electron chi connectivity index (χ0n) is 11.7. The van der Waals surface area contributed by atoms with Gasteiger partial charge in [-0.3, -0.25) is 0 Å². The summed E-state index contributed by atoms with van der Waals surface area (Å²) in [5, 5.41) is 3.50. The molecule has 2 aromatic carbocycles. The van der Waals surface area contributed by atoms with Crippen LogP contribution in [0.1, 0.15) is 6.92 Å². The van der Waals surface area contributed by atoms with E-state index in [0.717, 1.165) is 24.2 Å². The van der Waals surface area contributed by atoms with Gasteiger partial charge >= 0.3 is 0 Å². The van der Waals surface area contributed by atoms with Crippen LogP contribution in [0.2, 0.25) is 0 Å². The standard InChI is InChI=1S/C16H20NOPS/c1-2-18-19(17-15-9-5-3-6-10-15)13-14-20-16-11-7-4-8-12-16/h3-12,17H,2,13-14H2,1H3. The first-order chi connectivity index (χ1) is 9.88. The average Bonchev–Trinajstić information content (AvgIpc) is 2.49. The van der Waals surface area contributed by atoms with Gasteiger partial charge in [0, 0.05) is 22.5 Å². The highest BCUT2D eigenvalue weighted by Gasteiger charge is 2.08. The van der Waals surface area contributed by atoms with Crippen molar-refractivity contribution in [2.75, 3.05) is 23.6 Å². The molecule has 0 aliphatic rings. The van der Waals surface area contributed by atoms with Crippen LogP contribution in [0, 0.1) is 0 Å². The van der Waals surface area contributed by atoms with Crippen molar-refractivity contribution >= 4 is 25.7 Å². The lowest BCUT2D eigenvalue weighted by atomic mass is 10.3. The molecule has 0 spiro atoms. The Morgan fingerprint density at radius 1 is 1.00 bits per heavy atom. The average molecular weight is 305 g/mol. The highest BCUT2D eigenvalue weighted by molar-refractivity contribution is 7.99. The predicted octanol–water partition coefficient (Wildman–Crippen LogP) is 5.24. The lowest BCUT2D eigenvalue weighted by Gasteiger charge is -2.18. The van der Waals surface area contributed by atoms with Crippen molar-refractivity contribution in [1.29, 1.82) is 0 Å². The molecule has 1 atom stereocenters. The van der Waals surface area contributed by atoms with Gasteiger partial charge in [0.05, 0.1) is 6.61 Å². The molecule has 2 aromatic rings. The minimum absolute atomic E-state index is 0.604. The van der Waals surface area contributed by atoms with Gasteiger partial charge in [-0.15, -0.1) is 11.8 Å². The molecule has 0 fully saturated rings. The Labute approximate surface area is 126 Å². The first-order valence-electron chi connectivity index (χ1n) is 6.78. The van der Waals surface area contributed by atoms with Gasteiger partial charge in [-0.05, 0) is 31.2 Å². The summed E-state index contributed by atoms with van der Waals surface area (Å²) in [6.07, 6.45) is 1.04. The normalized spacial score (nSPS) is 12.1. The lowest BCUT2D eigenvalue weighted by molar-refractivity contribution is 0.381. The van der Waals surface area contributed by atoms with Crippen LogP contribution in [0.15, 0.2) is 65.6 Å². The third-order valence-electron chi connectivity index (χ3n) is 2.62. The van der Waals surface area contributed by atoms with Gasteiger partial charge in [-0.1, -0.05) is 36.4 Å². The summed E-state index contributed by atoms with van der Waals surface area (Å²) in [5.41, 5.74) is 1.14. The molecule has 0 heterocycles. The van der Waals surface area contributed by atoms with Gasteiger partial charge < -0.3 is 9.61 Å². The second kappa shape index (κ2) is 9.02. The van der Waals surface area contributed by atoms with Crippen LogP contribution in [0.4, 0.5) is 5.69 Å². The number of thioether (sulfide) groups is 1. The number of benzene rings is 2. The maximum absolute atomic E-state index is 5.82. The molecule has 106 valence electrons. The molecule has 20 heavy (non-hydrogen) atoms. The Balaban J connectivity index is 1.80. The SMILES string of the molecule is CCOP(CCSc1ccccc1)Nc1ccccc1. The predicted molar refractivity (Wildman–Crippen MR) is 90.6 cm³/mol. The third-order valence-corrected chi connectivity index (χ3v) is 5.64. The van der Waals surface area contributed by atoms with Crippen molar-refractivity contribution in [3.63, 3.8) is 0 Å². The van der Waals surface area contributed by atoms with E-state index < -0.39 is 8.30 Å². The summed E-state index contributed by atoms with van der Waals surface area (Å²) in [7, 11) is -0.604. The van der Waals surface area contributed by atoms with Crippen molar-refractivity contribution in [2.45, 2.75) is 11.8 Å². The van der Waals surface area contributed by atoms with E-state index in [1.54, 1.807) is 0 Å². The maximum Gasteiger partial charge on any atom is 0.130 e. The third kappa shape index (κ3) is 5.54. The fourth-order valence-electron chi connectivity index (χ4n) is 1.73. The Hall–Kier alpha value is -1.02. The van der Waals surface area contributed by atoms with Gasteiger partial charge in [0.25, 0.3) is 0 Å². The first-order valence-corrected chi connectivity index (χ1v) is 9.21. The molecule has 2 nitrogen and oxygen atoms in total. The van der Waals surface area contributed by atoms with Crippen LogP contribution in [-0.2, 0) is 4.52 Å². The Morgan fingerprint density at radius 2 is 1.65 bits per heavy atom. The van der Waals surface area contributed by atoms with Crippen molar-refractivity contribution in [1.82, 2.24) is 0 Å². The molecule has 4 heteroatoms. The number of hydrogen-bond donors (Lipinski definition) is 1. The summed E-state index contributed by atoms with van der Waals surface area (Å²) in [6, 6.07) is 20.8. The highest BCUT2D eigenvalue weighted by atomic mass is 32.2. The fourth-order valence-corrected chi connectivity index (χ4v) is 4.40. The smallest absolute Gasteiger partial charge is 0.130 e. The van der Waals surface area contributed by atoms with E-state index >= 15 is 0 Å². The Bertz CT molecular complexity index is 480. The molecule has 0 amide bonds. The summed E-state index contributed by atoms with van der Waals surface area (Å²) < 4.78 is 5.82. The van der Waals surface area contributed by atoms with Crippen molar-refractivity contribution in [3.8, 4) is 0 Å². The van der Waals surface area contributed by atoms with Gasteiger partial charge in [0.1, 0.15) is 8.30 Å².